The van der Waals surface area contributed by atoms with Crippen LogP contribution in [0, 0.1) is 0 Å². The molecule has 0 aliphatic carbocycles. The Labute approximate surface area is 137 Å². The van der Waals surface area contributed by atoms with E-state index in [1.54, 1.807) is 18.2 Å². The second-order valence-electron chi connectivity index (χ2n) is 4.83. The minimum atomic E-state index is -0.414. The maximum Gasteiger partial charge on any atom is 0.346 e. The number of esters is 1. The van der Waals surface area contributed by atoms with Gasteiger partial charge in [-0.1, -0.05) is 6.07 Å². The van der Waals surface area contributed by atoms with Crippen molar-refractivity contribution in [2.45, 2.75) is 6.42 Å². The lowest BCUT2D eigenvalue weighted by Crippen LogP contribution is -2.21. The molecule has 120 valence electrons. The van der Waals surface area contributed by atoms with Crippen LogP contribution >= 0.6 is 11.8 Å². The van der Waals surface area contributed by atoms with Gasteiger partial charge in [-0.25, -0.2) is 4.79 Å². The van der Waals surface area contributed by atoms with Gasteiger partial charge >= 0.3 is 5.97 Å². The van der Waals surface area contributed by atoms with Gasteiger partial charge in [0, 0.05) is 17.5 Å². The van der Waals surface area contributed by atoms with Crippen molar-refractivity contribution in [3.05, 3.63) is 40.4 Å². The van der Waals surface area contributed by atoms with Crippen molar-refractivity contribution in [1.29, 1.82) is 0 Å². The van der Waals surface area contributed by atoms with E-state index in [1.807, 2.05) is 6.07 Å². The summed E-state index contributed by atoms with van der Waals surface area (Å²) in [7, 11) is 1.33. The Morgan fingerprint density at radius 3 is 2.96 bits per heavy atom. The molecule has 0 radical (unpaired) electrons. The minimum Gasteiger partial charge on any atom is -0.465 e. The number of fused-ring (bicyclic) bond motifs is 1. The summed E-state index contributed by atoms with van der Waals surface area (Å²) in [6.07, 6.45) is 3.74. The number of amides is 1. The highest BCUT2D eigenvalue weighted by Crippen LogP contribution is 2.33. The molecule has 2 heterocycles. The number of benzene rings is 1. The molecule has 0 saturated carbocycles. The second kappa shape index (κ2) is 6.78. The molecule has 0 saturated heterocycles. The Kier molecular flexibility index (Phi) is 4.57. The van der Waals surface area contributed by atoms with Crippen molar-refractivity contribution < 1.29 is 23.8 Å². The molecule has 3 rings (SSSR count). The van der Waals surface area contributed by atoms with Crippen LogP contribution in [0.25, 0.3) is 6.08 Å². The zero-order chi connectivity index (χ0) is 16.2. The normalized spacial score (nSPS) is 16.0. The van der Waals surface area contributed by atoms with E-state index in [9.17, 15) is 9.59 Å². The quantitative estimate of drug-likeness (QED) is 0.672. The molecule has 0 atom stereocenters. The van der Waals surface area contributed by atoms with E-state index >= 15 is 0 Å². The molecule has 0 spiro atoms. The van der Waals surface area contributed by atoms with Crippen LogP contribution in [0.2, 0.25) is 0 Å². The first-order valence-corrected chi connectivity index (χ1v) is 7.99. The average molecular weight is 333 g/mol. The number of nitrogens with one attached hydrogen (secondary N) is 1. The number of allylic oxidation sites excluding steroid dienone is 1. The third-order valence-corrected chi connectivity index (χ3v) is 4.45. The van der Waals surface area contributed by atoms with E-state index in [2.05, 4.69) is 5.32 Å². The molecule has 23 heavy (non-hydrogen) atoms. The van der Waals surface area contributed by atoms with Crippen LogP contribution in [0.5, 0.6) is 11.5 Å². The van der Waals surface area contributed by atoms with Crippen LogP contribution in [0.3, 0.4) is 0 Å². The molecule has 2 aliphatic heterocycles. The van der Waals surface area contributed by atoms with Crippen molar-refractivity contribution in [1.82, 2.24) is 5.32 Å². The monoisotopic (exact) mass is 333 g/mol. The van der Waals surface area contributed by atoms with Gasteiger partial charge in [0.1, 0.15) is 4.91 Å². The summed E-state index contributed by atoms with van der Waals surface area (Å²) in [5.41, 5.74) is 1.44. The predicted octanol–water partition coefficient (Wildman–Crippen LogP) is 2.07. The van der Waals surface area contributed by atoms with Gasteiger partial charge in [0.25, 0.3) is 0 Å². The first kappa shape index (κ1) is 15.5. The fraction of sp³-hybridized carbons (Fsp3) is 0.250. The highest BCUT2D eigenvalue weighted by molar-refractivity contribution is 8.04. The standard InChI is InChI=1S/C16H15NO5S/c1-20-16(19)15-11(6-7-23-15)17-14(18)5-3-10-2-4-12-13(8-10)22-9-21-12/h2-5,8H,6-7,9H2,1H3,(H,17,18)/b5-3-. The summed E-state index contributed by atoms with van der Waals surface area (Å²) in [6.45, 7) is 0.213. The van der Waals surface area contributed by atoms with E-state index in [1.165, 1.54) is 24.9 Å². The number of hydrogen-bond donors (Lipinski definition) is 1. The van der Waals surface area contributed by atoms with Crippen LogP contribution in [0.15, 0.2) is 34.9 Å². The van der Waals surface area contributed by atoms with Crippen LogP contribution in [0.4, 0.5) is 0 Å². The van der Waals surface area contributed by atoms with Crippen molar-refractivity contribution in [2.24, 2.45) is 0 Å². The maximum atomic E-state index is 12.0. The molecule has 1 aromatic carbocycles. The van der Waals surface area contributed by atoms with E-state index in [0.717, 1.165) is 11.3 Å². The molecule has 1 N–H and O–H groups in total. The topological polar surface area (TPSA) is 73.9 Å². The molecule has 7 heteroatoms. The van der Waals surface area contributed by atoms with Gasteiger partial charge in [-0.05, 0) is 30.2 Å². The first-order valence-electron chi connectivity index (χ1n) is 7.00. The number of thioether (sulfide) groups is 1. The molecule has 1 amide bonds. The highest BCUT2D eigenvalue weighted by atomic mass is 32.2. The lowest BCUT2D eigenvalue weighted by molar-refractivity contribution is -0.135. The third kappa shape index (κ3) is 3.50. The van der Waals surface area contributed by atoms with Gasteiger partial charge < -0.3 is 19.5 Å². The molecule has 2 aliphatic rings. The third-order valence-electron chi connectivity index (χ3n) is 3.34. The number of ether oxygens (including phenoxy) is 3. The molecular formula is C16H15NO5S. The highest BCUT2D eigenvalue weighted by Gasteiger charge is 2.23. The smallest absolute Gasteiger partial charge is 0.346 e. The van der Waals surface area contributed by atoms with Gasteiger partial charge in [-0.15, -0.1) is 11.8 Å². The van der Waals surface area contributed by atoms with Gasteiger partial charge in [-0.3, -0.25) is 4.79 Å². The Morgan fingerprint density at radius 2 is 2.13 bits per heavy atom. The Balaban J connectivity index is 1.66. The largest absolute Gasteiger partial charge is 0.465 e. The Hall–Kier alpha value is -2.41. The summed E-state index contributed by atoms with van der Waals surface area (Å²) >= 11 is 1.39. The number of rotatable bonds is 4. The van der Waals surface area contributed by atoms with Crippen molar-refractivity contribution >= 4 is 29.7 Å². The van der Waals surface area contributed by atoms with Crippen LogP contribution < -0.4 is 14.8 Å². The summed E-state index contributed by atoms with van der Waals surface area (Å²) in [5.74, 6) is 1.41. The zero-order valence-corrected chi connectivity index (χ0v) is 13.3. The average Bonchev–Trinajstić information content (AvgIpc) is 3.20. The van der Waals surface area contributed by atoms with Gasteiger partial charge in [0.05, 0.1) is 7.11 Å². The first-order chi connectivity index (χ1) is 11.2. The summed E-state index contributed by atoms with van der Waals surface area (Å²) < 4.78 is 15.2. The van der Waals surface area contributed by atoms with Crippen LogP contribution in [-0.4, -0.2) is 31.5 Å². The summed E-state index contributed by atoms with van der Waals surface area (Å²) in [5, 5.41) is 2.74. The lowest BCUT2D eigenvalue weighted by atomic mass is 10.2. The van der Waals surface area contributed by atoms with Crippen LogP contribution in [0.1, 0.15) is 12.0 Å². The number of carbonyl (C=O) groups excluding carboxylic acids is 2. The fourth-order valence-electron chi connectivity index (χ4n) is 2.23. The SMILES string of the molecule is COC(=O)C1=C(NC(=O)/C=C\c2ccc3c(c2)OCO3)CCS1. The lowest BCUT2D eigenvalue weighted by Gasteiger charge is -2.05. The van der Waals surface area contributed by atoms with Gasteiger partial charge in [0.2, 0.25) is 12.7 Å². The van der Waals surface area contributed by atoms with E-state index < -0.39 is 5.97 Å². The molecule has 0 bridgehead atoms. The van der Waals surface area contributed by atoms with Crippen LogP contribution in [-0.2, 0) is 14.3 Å². The second-order valence-corrected chi connectivity index (χ2v) is 5.94. The Morgan fingerprint density at radius 1 is 1.30 bits per heavy atom. The molecular weight excluding hydrogens is 318 g/mol. The molecule has 0 aromatic heterocycles. The summed E-state index contributed by atoms with van der Waals surface area (Å²) in [4.78, 5) is 24.1. The maximum absolute atomic E-state index is 12.0. The van der Waals surface area contributed by atoms with Gasteiger partial charge in [0.15, 0.2) is 11.5 Å². The van der Waals surface area contributed by atoms with E-state index in [0.29, 0.717) is 28.5 Å². The molecule has 0 unspecified atom stereocenters. The molecule has 1 aromatic rings. The van der Waals surface area contributed by atoms with Crippen molar-refractivity contribution in [3.63, 3.8) is 0 Å². The van der Waals surface area contributed by atoms with Gasteiger partial charge in [-0.2, -0.15) is 0 Å². The zero-order valence-electron chi connectivity index (χ0n) is 12.5. The van der Waals surface area contributed by atoms with Crippen molar-refractivity contribution in [3.8, 4) is 11.5 Å². The fourth-order valence-corrected chi connectivity index (χ4v) is 3.27. The number of methoxy groups -OCH3 is 1. The van der Waals surface area contributed by atoms with E-state index in [4.69, 9.17) is 14.2 Å². The molecule has 6 nitrogen and oxygen atoms in total. The Bertz CT molecular complexity index is 710. The molecule has 0 fully saturated rings. The number of carbonyl (C=O) groups is 2. The summed E-state index contributed by atoms with van der Waals surface area (Å²) in [6, 6.07) is 5.43. The predicted molar refractivity (Wildman–Crippen MR) is 85.9 cm³/mol. The van der Waals surface area contributed by atoms with Crippen molar-refractivity contribution in [2.75, 3.05) is 19.7 Å². The number of hydrogen-bond acceptors (Lipinski definition) is 6. The minimum absolute atomic E-state index is 0.213. The van der Waals surface area contributed by atoms with E-state index in [-0.39, 0.29) is 12.7 Å².